The molecule has 0 radical (unpaired) electrons. The Bertz CT molecular complexity index is 936. The van der Waals surface area contributed by atoms with Crippen molar-refractivity contribution in [2.24, 2.45) is 0 Å². The highest BCUT2D eigenvalue weighted by Gasteiger charge is 2.24. The monoisotopic (exact) mass is 392 g/mol. The van der Waals surface area contributed by atoms with Gasteiger partial charge in [-0.3, -0.25) is 4.79 Å². The van der Waals surface area contributed by atoms with Gasteiger partial charge in [-0.1, -0.05) is 46.6 Å². The maximum atomic E-state index is 13.2. The van der Waals surface area contributed by atoms with E-state index in [2.05, 4.69) is 10.5 Å². The first kappa shape index (κ1) is 18.4. The topological polar surface area (TPSA) is 55.1 Å². The smallest absolute Gasteiger partial charge is 0.257 e. The van der Waals surface area contributed by atoms with E-state index >= 15 is 0 Å². The molecule has 134 valence electrons. The molecule has 1 aromatic heterocycles. The molecule has 0 bridgehead atoms. The van der Waals surface area contributed by atoms with E-state index in [1.807, 2.05) is 0 Å². The molecule has 4 nitrogen and oxygen atoms in total. The number of halogens is 3. The van der Waals surface area contributed by atoms with Crippen LogP contribution in [0.4, 0.5) is 4.39 Å². The van der Waals surface area contributed by atoms with Gasteiger partial charge in [0.25, 0.3) is 5.91 Å². The van der Waals surface area contributed by atoms with E-state index in [9.17, 15) is 9.18 Å². The lowest BCUT2D eigenvalue weighted by Gasteiger charge is -2.08. The van der Waals surface area contributed by atoms with Gasteiger partial charge >= 0.3 is 0 Å². The first-order valence-corrected chi connectivity index (χ1v) is 8.66. The number of carbonyl (C=O) groups excluding carboxylic acids is 1. The highest BCUT2D eigenvalue weighted by atomic mass is 35.5. The number of benzene rings is 2. The van der Waals surface area contributed by atoms with E-state index in [1.54, 1.807) is 37.3 Å². The van der Waals surface area contributed by atoms with Crippen LogP contribution in [-0.2, 0) is 6.42 Å². The molecule has 7 heteroatoms. The molecule has 0 aliphatic heterocycles. The number of nitrogens with one attached hydrogen (secondary N) is 1. The van der Waals surface area contributed by atoms with Crippen molar-refractivity contribution < 1.29 is 13.7 Å². The summed E-state index contributed by atoms with van der Waals surface area (Å²) in [5.41, 5.74) is 1.81. The average molecular weight is 393 g/mol. The third-order valence-electron chi connectivity index (χ3n) is 3.88. The quantitative estimate of drug-likeness (QED) is 0.659. The van der Waals surface area contributed by atoms with Crippen LogP contribution in [0.2, 0.25) is 10.0 Å². The zero-order valence-corrected chi connectivity index (χ0v) is 15.4. The van der Waals surface area contributed by atoms with Crippen LogP contribution in [0.1, 0.15) is 21.7 Å². The Kier molecular flexibility index (Phi) is 5.59. The fraction of sp³-hybridized carbons (Fsp3) is 0.158. The fourth-order valence-electron chi connectivity index (χ4n) is 2.64. The maximum absolute atomic E-state index is 13.2. The number of amides is 1. The van der Waals surface area contributed by atoms with Crippen LogP contribution < -0.4 is 5.32 Å². The molecule has 0 aliphatic carbocycles. The second kappa shape index (κ2) is 7.89. The van der Waals surface area contributed by atoms with Gasteiger partial charge < -0.3 is 9.84 Å². The zero-order chi connectivity index (χ0) is 18.7. The summed E-state index contributed by atoms with van der Waals surface area (Å²) in [6, 6.07) is 11.3. The minimum Gasteiger partial charge on any atom is -0.360 e. The number of nitrogens with zero attached hydrogens (tertiary/aromatic N) is 1. The SMILES string of the molecule is Cc1onc(-c2c(Cl)cccc2Cl)c1C(=O)NCCc1cccc(F)c1. The molecule has 0 unspecified atom stereocenters. The minimum atomic E-state index is -0.355. The van der Waals surface area contributed by atoms with Crippen molar-refractivity contribution in [3.63, 3.8) is 0 Å². The normalized spacial score (nSPS) is 10.8. The molecule has 3 aromatic rings. The predicted octanol–water partition coefficient (Wildman–Crippen LogP) is 5.07. The summed E-state index contributed by atoms with van der Waals surface area (Å²) in [7, 11) is 0. The van der Waals surface area contributed by atoms with Crippen LogP contribution in [0.25, 0.3) is 11.3 Å². The lowest BCUT2D eigenvalue weighted by atomic mass is 10.1. The number of aromatic nitrogens is 1. The Hall–Kier alpha value is -2.37. The van der Waals surface area contributed by atoms with E-state index < -0.39 is 0 Å². The van der Waals surface area contributed by atoms with Crippen LogP contribution in [0.15, 0.2) is 47.0 Å². The van der Waals surface area contributed by atoms with E-state index in [1.165, 1.54) is 12.1 Å². The first-order chi connectivity index (χ1) is 12.5. The summed E-state index contributed by atoms with van der Waals surface area (Å²) in [6.07, 6.45) is 0.496. The van der Waals surface area contributed by atoms with Gasteiger partial charge in [0.15, 0.2) is 0 Å². The molecular formula is C19H15Cl2FN2O2. The molecule has 1 amide bonds. The first-order valence-electron chi connectivity index (χ1n) is 7.90. The van der Waals surface area contributed by atoms with Crippen molar-refractivity contribution in [1.82, 2.24) is 10.5 Å². The molecule has 0 atom stereocenters. The van der Waals surface area contributed by atoms with E-state index in [-0.39, 0.29) is 17.3 Å². The van der Waals surface area contributed by atoms with Crippen LogP contribution in [0.5, 0.6) is 0 Å². The molecule has 0 spiro atoms. The zero-order valence-electron chi connectivity index (χ0n) is 13.9. The predicted molar refractivity (Wildman–Crippen MR) is 99.1 cm³/mol. The second-order valence-corrected chi connectivity index (χ2v) is 6.51. The minimum absolute atomic E-state index is 0.277. The maximum Gasteiger partial charge on any atom is 0.257 e. The Morgan fingerprint density at radius 3 is 2.58 bits per heavy atom. The van der Waals surface area contributed by atoms with Crippen molar-refractivity contribution >= 4 is 29.1 Å². The van der Waals surface area contributed by atoms with E-state index in [0.717, 1.165) is 5.56 Å². The van der Waals surface area contributed by atoms with E-state index in [0.29, 0.717) is 40.0 Å². The van der Waals surface area contributed by atoms with Gasteiger partial charge in [-0.25, -0.2) is 4.39 Å². The molecule has 1 heterocycles. The van der Waals surface area contributed by atoms with Crippen molar-refractivity contribution in [1.29, 1.82) is 0 Å². The Balaban J connectivity index is 1.79. The van der Waals surface area contributed by atoms with Crippen molar-refractivity contribution in [2.75, 3.05) is 6.54 Å². The molecule has 0 saturated carbocycles. The molecule has 0 saturated heterocycles. The largest absolute Gasteiger partial charge is 0.360 e. The standard InChI is InChI=1S/C19H15Cl2FN2O2/c1-11-16(18(24-26-11)17-14(20)6-3-7-15(17)21)19(25)23-9-8-12-4-2-5-13(22)10-12/h2-7,10H,8-9H2,1H3,(H,23,25). The highest BCUT2D eigenvalue weighted by molar-refractivity contribution is 6.39. The van der Waals surface area contributed by atoms with Crippen molar-refractivity contribution in [2.45, 2.75) is 13.3 Å². The Morgan fingerprint density at radius 1 is 1.19 bits per heavy atom. The third-order valence-corrected chi connectivity index (χ3v) is 4.51. The number of rotatable bonds is 5. The number of carbonyl (C=O) groups is 1. The number of hydrogen-bond donors (Lipinski definition) is 1. The van der Waals surface area contributed by atoms with Gasteiger partial charge in [0.2, 0.25) is 0 Å². The molecule has 0 aliphatic rings. The van der Waals surface area contributed by atoms with Crippen LogP contribution in [0.3, 0.4) is 0 Å². The van der Waals surface area contributed by atoms with Gasteiger partial charge in [0.05, 0.1) is 10.0 Å². The van der Waals surface area contributed by atoms with Crippen LogP contribution in [0, 0.1) is 12.7 Å². The second-order valence-electron chi connectivity index (χ2n) is 5.69. The summed E-state index contributed by atoms with van der Waals surface area (Å²) in [4.78, 5) is 12.6. The molecule has 0 fully saturated rings. The number of hydrogen-bond acceptors (Lipinski definition) is 3. The van der Waals surface area contributed by atoms with Gasteiger partial charge in [-0.15, -0.1) is 0 Å². The molecule has 26 heavy (non-hydrogen) atoms. The summed E-state index contributed by atoms with van der Waals surface area (Å²) >= 11 is 12.4. The van der Waals surface area contributed by atoms with Crippen molar-refractivity contribution in [3.8, 4) is 11.3 Å². The average Bonchev–Trinajstić information content (AvgIpc) is 2.96. The van der Waals surface area contributed by atoms with Crippen molar-refractivity contribution in [3.05, 3.63) is 75.2 Å². The molecule has 3 rings (SSSR count). The molecule has 2 aromatic carbocycles. The number of aryl methyl sites for hydroxylation is 1. The van der Waals surface area contributed by atoms with E-state index in [4.69, 9.17) is 27.7 Å². The summed E-state index contributed by atoms with van der Waals surface area (Å²) in [5, 5.41) is 7.50. The van der Waals surface area contributed by atoms with Gasteiger partial charge in [0.1, 0.15) is 22.8 Å². The van der Waals surface area contributed by atoms with Gasteiger partial charge in [0, 0.05) is 12.1 Å². The van der Waals surface area contributed by atoms with Crippen LogP contribution in [-0.4, -0.2) is 17.6 Å². The molecule has 1 N–H and O–H groups in total. The lowest BCUT2D eigenvalue weighted by molar-refractivity contribution is 0.0953. The molecular weight excluding hydrogens is 378 g/mol. The summed E-state index contributed by atoms with van der Waals surface area (Å²) in [6.45, 7) is 1.98. The van der Waals surface area contributed by atoms with Crippen LogP contribution >= 0.6 is 23.2 Å². The fourth-order valence-corrected chi connectivity index (χ4v) is 3.21. The lowest BCUT2D eigenvalue weighted by Crippen LogP contribution is -2.26. The van der Waals surface area contributed by atoms with Gasteiger partial charge in [-0.05, 0) is 43.2 Å². The highest BCUT2D eigenvalue weighted by Crippen LogP contribution is 2.36. The summed E-state index contributed by atoms with van der Waals surface area (Å²) < 4.78 is 18.4. The third kappa shape index (κ3) is 3.89. The summed E-state index contributed by atoms with van der Waals surface area (Å²) in [5.74, 6) is -0.301. The Morgan fingerprint density at radius 2 is 1.88 bits per heavy atom. The Labute approximate surface area is 159 Å². The van der Waals surface area contributed by atoms with Gasteiger partial charge in [-0.2, -0.15) is 0 Å².